The van der Waals surface area contributed by atoms with Crippen LogP contribution in [-0.4, -0.2) is 39.5 Å². The Morgan fingerprint density at radius 2 is 1.82 bits per heavy atom. The number of hydrogen-bond donors (Lipinski definition) is 2. The number of aromatic hydroxyl groups is 1. The van der Waals surface area contributed by atoms with Crippen molar-refractivity contribution in [2.24, 2.45) is 0 Å². The van der Waals surface area contributed by atoms with Gasteiger partial charge in [0.05, 0.1) is 22.7 Å². The van der Waals surface area contributed by atoms with Crippen LogP contribution < -0.4 is 14.9 Å². The van der Waals surface area contributed by atoms with E-state index in [1.165, 1.54) is 6.07 Å². The Kier molecular flexibility index (Phi) is 5.41. The molecule has 1 saturated heterocycles. The highest BCUT2D eigenvalue weighted by atomic mass is 16.5. The number of fused-ring (bicyclic) bond motifs is 1. The van der Waals surface area contributed by atoms with Gasteiger partial charge in [-0.15, -0.1) is 10.2 Å². The van der Waals surface area contributed by atoms with Gasteiger partial charge >= 0.3 is 0 Å². The highest BCUT2D eigenvalue weighted by Gasteiger charge is 2.39. The number of aryl methyl sites for hydroxylation is 1. The van der Waals surface area contributed by atoms with Gasteiger partial charge < -0.3 is 20.5 Å². The van der Waals surface area contributed by atoms with E-state index in [0.29, 0.717) is 38.7 Å². The average Bonchev–Trinajstić information content (AvgIpc) is 2.73. The Morgan fingerprint density at radius 3 is 2.39 bits per heavy atom. The smallest absolute Gasteiger partial charge is 0.229 e. The molecule has 0 radical (unpaired) electrons. The number of rotatable bonds is 3. The van der Waals surface area contributed by atoms with Gasteiger partial charge in [-0.3, -0.25) is 0 Å². The molecule has 0 saturated carbocycles. The summed E-state index contributed by atoms with van der Waals surface area (Å²) in [5.74, 6) is 0.669. The fraction of sp³-hybridized carbons (Fsp3) is 0.440. The van der Waals surface area contributed by atoms with Crippen molar-refractivity contribution in [3.63, 3.8) is 0 Å². The molecule has 8 heteroatoms. The second kappa shape index (κ2) is 7.85. The third kappa shape index (κ3) is 4.29. The van der Waals surface area contributed by atoms with Crippen LogP contribution in [-0.2, 0) is 0 Å². The highest BCUT2D eigenvalue weighted by molar-refractivity contribution is 5.89. The summed E-state index contributed by atoms with van der Waals surface area (Å²) >= 11 is 0. The summed E-state index contributed by atoms with van der Waals surface area (Å²) in [6.07, 6.45) is 1.96. The molecule has 8 nitrogen and oxygen atoms in total. The summed E-state index contributed by atoms with van der Waals surface area (Å²) in [5, 5.41) is 45.5. The molecule has 1 aliphatic heterocycles. The molecular formula is C25H30N6O2. The van der Waals surface area contributed by atoms with Crippen LogP contribution in [0.25, 0.3) is 22.2 Å². The van der Waals surface area contributed by atoms with Crippen LogP contribution in [0.2, 0.25) is 0 Å². The van der Waals surface area contributed by atoms with Gasteiger partial charge in [-0.2, -0.15) is 9.99 Å². The van der Waals surface area contributed by atoms with Crippen LogP contribution >= 0.6 is 0 Å². The number of aromatic nitrogens is 3. The molecule has 0 amide bonds. The Morgan fingerprint density at radius 1 is 1.15 bits per heavy atom. The maximum atomic E-state index is 12.4. The second-order valence-corrected chi connectivity index (χ2v) is 10.3. The summed E-state index contributed by atoms with van der Waals surface area (Å²) < 4.78 is 0.714. The molecule has 0 unspecified atom stereocenters. The van der Waals surface area contributed by atoms with E-state index in [9.17, 15) is 15.6 Å². The number of benzene rings is 1. The first-order valence-corrected chi connectivity index (χ1v) is 11.1. The summed E-state index contributed by atoms with van der Waals surface area (Å²) in [7, 11) is 2.04. The number of piperidine rings is 1. The Hall–Kier alpha value is -3.44. The monoisotopic (exact) mass is 446 g/mol. The zero-order chi connectivity index (χ0) is 24.1. The minimum absolute atomic E-state index is 0.0141. The number of anilines is 1. The predicted molar refractivity (Wildman–Crippen MR) is 128 cm³/mol. The van der Waals surface area contributed by atoms with Crippen molar-refractivity contribution in [1.29, 1.82) is 5.26 Å². The first kappa shape index (κ1) is 22.7. The van der Waals surface area contributed by atoms with Crippen molar-refractivity contribution >= 4 is 16.7 Å². The molecule has 1 fully saturated rings. The SMILES string of the molecule is Cc1cc(C#N)c2cc(-c3ccc(N(C)C4CC(C)(C)NC(C)(C)C4)nn3)c(O)cc2[n+]1[O-]. The van der Waals surface area contributed by atoms with E-state index in [4.69, 9.17) is 0 Å². The zero-order valence-electron chi connectivity index (χ0n) is 20.0. The summed E-state index contributed by atoms with van der Waals surface area (Å²) in [6, 6.07) is 10.7. The van der Waals surface area contributed by atoms with Crippen molar-refractivity contribution < 1.29 is 9.84 Å². The lowest BCUT2D eigenvalue weighted by Gasteiger charge is -2.49. The van der Waals surface area contributed by atoms with Gasteiger partial charge in [-0.25, -0.2) is 0 Å². The van der Waals surface area contributed by atoms with Crippen LogP contribution in [0.15, 0.2) is 30.3 Å². The Labute approximate surface area is 194 Å². The minimum atomic E-state index is -0.0844. The molecule has 1 aliphatic rings. The van der Waals surface area contributed by atoms with Crippen LogP contribution in [0.1, 0.15) is 51.8 Å². The number of hydrogen-bond acceptors (Lipinski definition) is 7. The van der Waals surface area contributed by atoms with Crippen molar-refractivity contribution in [2.45, 2.75) is 64.6 Å². The molecule has 3 heterocycles. The average molecular weight is 447 g/mol. The first-order chi connectivity index (χ1) is 15.4. The number of phenolic OH excluding ortho intramolecular Hbond substituents is 1. The van der Waals surface area contributed by atoms with Crippen molar-refractivity contribution in [3.8, 4) is 23.1 Å². The molecule has 0 atom stereocenters. The van der Waals surface area contributed by atoms with E-state index in [0.717, 1.165) is 18.7 Å². The van der Waals surface area contributed by atoms with E-state index in [1.54, 1.807) is 19.1 Å². The number of nitriles is 1. The van der Waals surface area contributed by atoms with E-state index in [-0.39, 0.29) is 22.3 Å². The third-order valence-corrected chi connectivity index (χ3v) is 6.42. The molecule has 0 bridgehead atoms. The number of pyridine rings is 1. The van der Waals surface area contributed by atoms with Gasteiger partial charge in [0.15, 0.2) is 11.5 Å². The fourth-order valence-electron chi connectivity index (χ4n) is 5.18. The summed E-state index contributed by atoms with van der Waals surface area (Å²) in [5.41, 5.74) is 1.93. The summed E-state index contributed by atoms with van der Waals surface area (Å²) in [6.45, 7) is 10.5. The lowest BCUT2D eigenvalue weighted by atomic mass is 9.79. The predicted octanol–water partition coefficient (Wildman–Crippen LogP) is 3.56. The number of nitrogens with zero attached hydrogens (tertiary/aromatic N) is 5. The molecule has 172 valence electrons. The van der Waals surface area contributed by atoms with E-state index in [2.05, 4.69) is 54.2 Å². The lowest BCUT2D eigenvalue weighted by molar-refractivity contribution is -0.584. The van der Waals surface area contributed by atoms with Crippen LogP contribution in [0.3, 0.4) is 0 Å². The molecule has 3 aromatic rings. The second-order valence-electron chi connectivity index (χ2n) is 10.3. The molecular weight excluding hydrogens is 416 g/mol. The number of phenols is 1. The third-order valence-electron chi connectivity index (χ3n) is 6.42. The van der Waals surface area contributed by atoms with Gasteiger partial charge in [0.25, 0.3) is 0 Å². The number of nitrogens with one attached hydrogen (secondary N) is 1. The molecule has 2 aromatic heterocycles. The quantitative estimate of drug-likeness (QED) is 0.467. The molecule has 1 aromatic carbocycles. The summed E-state index contributed by atoms with van der Waals surface area (Å²) in [4.78, 5) is 2.16. The van der Waals surface area contributed by atoms with Gasteiger partial charge in [-0.05, 0) is 58.7 Å². The van der Waals surface area contributed by atoms with Crippen molar-refractivity contribution in [3.05, 3.63) is 46.8 Å². The molecule has 0 aliphatic carbocycles. The Balaban J connectivity index is 1.68. The Bertz CT molecular complexity index is 1240. The first-order valence-electron chi connectivity index (χ1n) is 11.1. The minimum Gasteiger partial charge on any atom is -0.618 e. The fourth-order valence-corrected chi connectivity index (χ4v) is 5.18. The lowest BCUT2D eigenvalue weighted by Crippen LogP contribution is -2.62. The van der Waals surface area contributed by atoms with Crippen molar-refractivity contribution in [1.82, 2.24) is 15.5 Å². The van der Waals surface area contributed by atoms with Gasteiger partial charge in [0.1, 0.15) is 11.8 Å². The van der Waals surface area contributed by atoms with Gasteiger partial charge in [0, 0.05) is 42.7 Å². The zero-order valence-corrected chi connectivity index (χ0v) is 20.0. The molecule has 0 spiro atoms. The van der Waals surface area contributed by atoms with Crippen LogP contribution in [0.5, 0.6) is 5.75 Å². The molecule has 2 N–H and O–H groups in total. The standard InChI is InChI=1S/C25H30N6O2/c1-15-9-16(14-26)18-10-19(22(32)11-21(18)31(15)33)20-7-8-23(28-27-20)30(6)17-12-24(2,3)29-25(4,5)13-17/h7-11,17,29,32H,12-13H2,1-6H3. The highest BCUT2D eigenvalue weighted by Crippen LogP contribution is 2.35. The van der Waals surface area contributed by atoms with Crippen LogP contribution in [0, 0.1) is 23.5 Å². The van der Waals surface area contributed by atoms with E-state index >= 15 is 0 Å². The van der Waals surface area contributed by atoms with E-state index in [1.807, 2.05) is 19.2 Å². The topological polar surface area (TPSA) is 112 Å². The largest absolute Gasteiger partial charge is 0.618 e. The molecule has 4 rings (SSSR count). The maximum absolute atomic E-state index is 12.4. The van der Waals surface area contributed by atoms with Gasteiger partial charge in [-0.1, -0.05) is 0 Å². The van der Waals surface area contributed by atoms with Crippen molar-refractivity contribution in [2.75, 3.05) is 11.9 Å². The normalized spacial score (nSPS) is 17.6. The van der Waals surface area contributed by atoms with Crippen LogP contribution in [0.4, 0.5) is 5.82 Å². The van der Waals surface area contributed by atoms with Gasteiger partial charge in [0.2, 0.25) is 5.52 Å². The maximum Gasteiger partial charge on any atom is 0.229 e. The molecule has 33 heavy (non-hydrogen) atoms. The van der Waals surface area contributed by atoms with E-state index < -0.39 is 0 Å².